The zero-order chi connectivity index (χ0) is 35.2. The molecule has 4 heterocycles. The molecule has 5 atom stereocenters. The van der Waals surface area contributed by atoms with Gasteiger partial charge in [0.2, 0.25) is 11.8 Å². The smallest absolute Gasteiger partial charge is 0.234 e. The maximum Gasteiger partial charge on any atom is 0.234 e. The van der Waals surface area contributed by atoms with E-state index < -0.39 is 0 Å². The van der Waals surface area contributed by atoms with Crippen molar-refractivity contribution in [1.82, 2.24) is 10.2 Å². The minimum Gasteiger partial charge on any atom is -0.508 e. The van der Waals surface area contributed by atoms with Gasteiger partial charge in [0.1, 0.15) is 5.75 Å². The van der Waals surface area contributed by atoms with Crippen LogP contribution >= 0.6 is 0 Å². The number of phenolic OH excluding ortho intramolecular Hbond substituents is 1. The minimum absolute atomic E-state index is 0.162. The fourth-order valence-corrected chi connectivity index (χ4v) is 10.4. The van der Waals surface area contributed by atoms with Crippen LogP contribution in [0.25, 0.3) is 0 Å². The van der Waals surface area contributed by atoms with Crippen LogP contribution in [0.5, 0.6) is 5.75 Å². The number of aryl methyl sites for hydroxylation is 1. The van der Waals surface area contributed by atoms with E-state index in [0.717, 1.165) is 44.0 Å². The van der Waals surface area contributed by atoms with E-state index in [-0.39, 0.29) is 23.7 Å². The number of phenols is 1. The summed E-state index contributed by atoms with van der Waals surface area (Å²) in [5, 5.41) is 12.7. The standard InChI is InChI=1S/C45H50N4O3/c50-37-15-17-39-34(28-37)10-16-38(31-4-2-1-3-5-31)44(39)33-8-11-35(12-9-33)47-24-20-30(21-25-47)29-48-26-22-42-41(48)23-27-49(42)36-13-6-32(7-14-36)40-18-19-43(51)46-45(40)52/h1-9,11-15,17,28,30,38,40-42,44,50H,10,16,18-27,29H2,(H,46,51,52)/t38-,40?,41-,42-,44+/m1/s1. The van der Waals surface area contributed by atoms with E-state index in [1.54, 1.807) is 0 Å². The summed E-state index contributed by atoms with van der Waals surface area (Å²) in [7, 11) is 0. The summed E-state index contributed by atoms with van der Waals surface area (Å²) >= 11 is 0. The fraction of sp³-hybridized carbons (Fsp3) is 0.422. The highest BCUT2D eigenvalue weighted by molar-refractivity contribution is 6.00. The lowest BCUT2D eigenvalue weighted by molar-refractivity contribution is -0.134. The van der Waals surface area contributed by atoms with Gasteiger partial charge in [-0.1, -0.05) is 60.7 Å². The number of nitrogens with one attached hydrogen (secondary N) is 1. The molecular weight excluding hydrogens is 645 g/mol. The molecule has 4 fully saturated rings. The van der Waals surface area contributed by atoms with Crippen molar-refractivity contribution in [2.24, 2.45) is 5.92 Å². The van der Waals surface area contributed by atoms with Gasteiger partial charge in [-0.05, 0) is 121 Å². The van der Waals surface area contributed by atoms with Crippen molar-refractivity contribution in [3.63, 3.8) is 0 Å². The van der Waals surface area contributed by atoms with E-state index in [1.165, 1.54) is 72.4 Å². The van der Waals surface area contributed by atoms with Crippen LogP contribution in [-0.2, 0) is 16.0 Å². The second-order valence-electron chi connectivity index (χ2n) is 15.9. The first kappa shape index (κ1) is 33.2. The number of amides is 2. The number of carbonyl (C=O) groups excluding carboxylic acids is 2. The van der Waals surface area contributed by atoms with E-state index in [2.05, 4.69) is 105 Å². The molecule has 4 aromatic carbocycles. The van der Waals surface area contributed by atoms with Gasteiger partial charge in [-0.2, -0.15) is 0 Å². The van der Waals surface area contributed by atoms with Crippen LogP contribution < -0.4 is 15.1 Å². The second kappa shape index (κ2) is 14.1. The third-order valence-corrected chi connectivity index (χ3v) is 13.1. The molecule has 5 aliphatic rings. The molecule has 4 aliphatic heterocycles. The van der Waals surface area contributed by atoms with Crippen LogP contribution in [0.3, 0.4) is 0 Å². The maximum absolute atomic E-state index is 12.4. The quantitative estimate of drug-likeness (QED) is 0.197. The van der Waals surface area contributed by atoms with Crippen molar-refractivity contribution in [2.45, 2.75) is 81.2 Å². The third-order valence-electron chi connectivity index (χ3n) is 13.1. The van der Waals surface area contributed by atoms with Crippen molar-refractivity contribution in [2.75, 3.05) is 42.5 Å². The summed E-state index contributed by atoms with van der Waals surface area (Å²) in [6.45, 7) is 5.67. The van der Waals surface area contributed by atoms with Gasteiger partial charge in [-0.15, -0.1) is 0 Å². The number of piperidine rings is 2. The highest BCUT2D eigenvalue weighted by Gasteiger charge is 2.43. The van der Waals surface area contributed by atoms with Crippen LogP contribution in [0.15, 0.2) is 97.1 Å². The van der Waals surface area contributed by atoms with E-state index in [1.807, 2.05) is 12.1 Å². The number of aromatic hydroxyl groups is 1. The van der Waals surface area contributed by atoms with Gasteiger partial charge in [0.25, 0.3) is 0 Å². The van der Waals surface area contributed by atoms with Crippen molar-refractivity contribution in [3.8, 4) is 5.75 Å². The predicted molar refractivity (Wildman–Crippen MR) is 206 cm³/mol. The molecule has 0 bridgehead atoms. The third kappa shape index (κ3) is 6.38. The van der Waals surface area contributed by atoms with Crippen molar-refractivity contribution < 1.29 is 14.7 Å². The lowest BCUT2D eigenvalue weighted by atomic mass is 9.69. The summed E-state index contributed by atoms with van der Waals surface area (Å²) in [6, 6.07) is 36.1. The number of benzene rings is 4. The van der Waals surface area contributed by atoms with Gasteiger partial charge in [0.05, 0.1) is 5.92 Å². The molecule has 7 heteroatoms. The average Bonchev–Trinajstić information content (AvgIpc) is 3.78. The molecule has 2 N–H and O–H groups in total. The second-order valence-corrected chi connectivity index (χ2v) is 15.9. The van der Waals surface area contributed by atoms with Crippen molar-refractivity contribution in [1.29, 1.82) is 0 Å². The topological polar surface area (TPSA) is 76.1 Å². The number of carbonyl (C=O) groups is 2. The monoisotopic (exact) mass is 694 g/mol. The zero-order valence-electron chi connectivity index (χ0n) is 30.0. The first-order valence-electron chi connectivity index (χ1n) is 19.6. The summed E-state index contributed by atoms with van der Waals surface area (Å²) in [6.07, 6.45) is 7.97. The average molecular weight is 695 g/mol. The Balaban J connectivity index is 0.810. The molecule has 1 aliphatic carbocycles. The number of imide groups is 1. The molecule has 4 aromatic rings. The number of hydrogen-bond donors (Lipinski definition) is 2. The van der Waals surface area contributed by atoms with Gasteiger partial charge in [-0.25, -0.2) is 0 Å². The van der Waals surface area contributed by atoms with Gasteiger partial charge >= 0.3 is 0 Å². The number of nitrogens with zero attached hydrogens (tertiary/aromatic N) is 3. The Morgan fingerprint density at radius 2 is 1.38 bits per heavy atom. The van der Waals surface area contributed by atoms with Crippen LogP contribution in [0, 0.1) is 5.92 Å². The zero-order valence-corrected chi connectivity index (χ0v) is 30.0. The molecular formula is C45H50N4O3. The van der Waals surface area contributed by atoms with Crippen LogP contribution in [0.1, 0.15) is 90.5 Å². The van der Waals surface area contributed by atoms with Crippen LogP contribution in [0.2, 0.25) is 0 Å². The van der Waals surface area contributed by atoms with E-state index in [9.17, 15) is 14.7 Å². The predicted octanol–water partition coefficient (Wildman–Crippen LogP) is 7.34. The Kier molecular flexibility index (Phi) is 8.99. The lowest BCUT2D eigenvalue weighted by Gasteiger charge is -2.37. The fourth-order valence-electron chi connectivity index (χ4n) is 10.4. The number of fused-ring (bicyclic) bond motifs is 2. The van der Waals surface area contributed by atoms with Gasteiger partial charge in [-0.3, -0.25) is 19.8 Å². The molecule has 0 radical (unpaired) electrons. The van der Waals surface area contributed by atoms with Crippen molar-refractivity contribution in [3.05, 3.63) is 125 Å². The Morgan fingerprint density at radius 1 is 0.654 bits per heavy atom. The number of rotatable bonds is 7. The summed E-state index contributed by atoms with van der Waals surface area (Å²) in [5.41, 5.74) is 8.98. The lowest BCUT2D eigenvalue weighted by Crippen LogP contribution is -2.42. The molecule has 7 nitrogen and oxygen atoms in total. The van der Waals surface area contributed by atoms with Crippen LogP contribution in [-0.4, -0.2) is 66.6 Å². The Morgan fingerprint density at radius 3 is 2.15 bits per heavy atom. The van der Waals surface area contributed by atoms with Gasteiger partial charge < -0.3 is 14.9 Å². The molecule has 9 rings (SSSR count). The largest absolute Gasteiger partial charge is 0.508 e. The SMILES string of the molecule is O=C1CCC(c2ccc(N3CC[C@@H]4[C@H]3CCN4CC3CCN(c4ccc([C@@H]5c6ccc(O)cc6CC[C@@H]5c5ccccc5)cc4)CC3)cc2)C(=O)N1. The molecule has 0 spiro atoms. The Hall–Kier alpha value is -4.62. The molecule has 4 saturated heterocycles. The number of likely N-dealkylation sites (tertiary alicyclic amines) is 1. The highest BCUT2D eigenvalue weighted by Crippen LogP contribution is 2.47. The van der Waals surface area contributed by atoms with E-state index in [4.69, 9.17) is 0 Å². The molecule has 0 saturated carbocycles. The number of hydrogen-bond acceptors (Lipinski definition) is 6. The van der Waals surface area contributed by atoms with Gasteiger partial charge in [0.15, 0.2) is 0 Å². The van der Waals surface area contributed by atoms with Crippen LogP contribution in [0.4, 0.5) is 11.4 Å². The molecule has 0 aromatic heterocycles. The normalized spacial score (nSPS) is 26.7. The first-order valence-corrected chi connectivity index (χ1v) is 19.6. The molecule has 52 heavy (non-hydrogen) atoms. The summed E-state index contributed by atoms with van der Waals surface area (Å²) in [5.74, 6) is 1.24. The van der Waals surface area contributed by atoms with E-state index >= 15 is 0 Å². The maximum atomic E-state index is 12.4. The Labute approximate surface area is 307 Å². The molecule has 2 amide bonds. The van der Waals surface area contributed by atoms with E-state index in [0.29, 0.717) is 36.6 Å². The molecule has 268 valence electrons. The highest BCUT2D eigenvalue weighted by atomic mass is 16.3. The minimum atomic E-state index is -0.227. The summed E-state index contributed by atoms with van der Waals surface area (Å²) in [4.78, 5) is 32.0. The van der Waals surface area contributed by atoms with Gasteiger partial charge in [0, 0.05) is 68.5 Å². The van der Waals surface area contributed by atoms with Crippen molar-refractivity contribution >= 4 is 23.2 Å². The molecule has 1 unspecified atom stereocenters. The summed E-state index contributed by atoms with van der Waals surface area (Å²) < 4.78 is 0. The Bertz CT molecular complexity index is 1900. The number of anilines is 2. The first-order chi connectivity index (χ1) is 25.5.